The highest BCUT2D eigenvalue weighted by Crippen LogP contribution is 2.58. The Bertz CT molecular complexity index is 1950. The van der Waals surface area contributed by atoms with Crippen LogP contribution in [0, 0.1) is 22.7 Å². The zero-order valence-corrected chi connectivity index (χ0v) is 25.5. The van der Waals surface area contributed by atoms with Crippen LogP contribution in [-0.4, -0.2) is 9.55 Å². The smallest absolute Gasteiger partial charge is 0.142 e. The Hall–Kier alpha value is -3.93. The van der Waals surface area contributed by atoms with Crippen LogP contribution in [0.5, 0.6) is 0 Å². The molecule has 5 aromatic rings. The van der Waals surface area contributed by atoms with Gasteiger partial charge in [-0.05, 0) is 87.9 Å². The van der Waals surface area contributed by atoms with Crippen molar-refractivity contribution >= 4 is 33.1 Å². The van der Waals surface area contributed by atoms with Crippen LogP contribution < -0.4 is 0 Å². The van der Waals surface area contributed by atoms with Crippen molar-refractivity contribution in [2.24, 2.45) is 0 Å². The van der Waals surface area contributed by atoms with Crippen molar-refractivity contribution < 1.29 is 0 Å². The fourth-order valence-electron chi connectivity index (χ4n) is 7.11. The summed E-state index contributed by atoms with van der Waals surface area (Å²) in [6, 6.07) is 22.3. The Labute approximate surface area is 245 Å². The Morgan fingerprint density at radius 3 is 2.02 bits per heavy atom. The van der Waals surface area contributed by atoms with Gasteiger partial charge in [-0.2, -0.15) is 10.5 Å². The molecule has 0 unspecified atom stereocenters. The number of benzene rings is 2. The summed E-state index contributed by atoms with van der Waals surface area (Å²) in [7, 11) is 0. The summed E-state index contributed by atoms with van der Waals surface area (Å²) in [6.45, 7) is 13.8. The topological polar surface area (TPSA) is 65.4 Å². The van der Waals surface area contributed by atoms with Gasteiger partial charge in [0.15, 0.2) is 0 Å². The highest BCUT2D eigenvalue weighted by molar-refractivity contribution is 7.18. The van der Waals surface area contributed by atoms with E-state index in [1.54, 1.807) is 11.3 Å². The molecule has 2 aliphatic rings. The molecule has 1 aliphatic carbocycles. The van der Waals surface area contributed by atoms with Crippen LogP contribution in [-0.2, 0) is 16.2 Å². The molecule has 0 bridgehead atoms. The SMILES string of the molecule is CC(C)(C)c1ccc2c(c1)c1cc(C(C)(C)C)cc3c1n2-c1sc(-c2cc(C#N)nc(C#N)c2)cc1C31CCCC1. The number of nitrogens with zero attached hydrogens (tertiary/aromatic N) is 4. The molecule has 0 saturated heterocycles. The van der Waals surface area contributed by atoms with Crippen molar-refractivity contribution in [1.82, 2.24) is 9.55 Å². The average molecular weight is 555 g/mol. The lowest BCUT2D eigenvalue weighted by atomic mass is 9.70. The maximum Gasteiger partial charge on any atom is 0.142 e. The van der Waals surface area contributed by atoms with Gasteiger partial charge >= 0.3 is 0 Å². The van der Waals surface area contributed by atoms with Crippen LogP contribution in [0.25, 0.3) is 37.2 Å². The maximum absolute atomic E-state index is 9.62. The molecule has 0 atom stereocenters. The van der Waals surface area contributed by atoms with Gasteiger partial charge in [0.1, 0.15) is 28.5 Å². The van der Waals surface area contributed by atoms with Crippen LogP contribution in [0.3, 0.4) is 0 Å². The van der Waals surface area contributed by atoms with Gasteiger partial charge in [0, 0.05) is 21.1 Å². The molecule has 1 fully saturated rings. The Kier molecular flexibility index (Phi) is 5.42. The summed E-state index contributed by atoms with van der Waals surface area (Å²) in [6.07, 6.45) is 4.70. The second-order valence-corrected chi connectivity index (χ2v) is 15.0. The summed E-state index contributed by atoms with van der Waals surface area (Å²) in [4.78, 5) is 5.27. The Morgan fingerprint density at radius 2 is 1.41 bits per heavy atom. The Balaban J connectivity index is 1.62. The fraction of sp³-hybridized carbons (Fsp3) is 0.361. The summed E-state index contributed by atoms with van der Waals surface area (Å²) in [5.41, 5.74) is 9.68. The van der Waals surface area contributed by atoms with E-state index in [9.17, 15) is 10.5 Å². The molecule has 4 nitrogen and oxygen atoms in total. The summed E-state index contributed by atoms with van der Waals surface area (Å²) >= 11 is 1.78. The zero-order chi connectivity index (χ0) is 28.9. The first-order chi connectivity index (χ1) is 19.4. The second kappa shape index (κ2) is 8.54. The molecular weight excluding hydrogens is 520 g/mol. The van der Waals surface area contributed by atoms with E-state index >= 15 is 0 Å². The first-order valence-corrected chi connectivity index (χ1v) is 15.4. The predicted octanol–water partition coefficient (Wildman–Crippen LogP) is 9.42. The highest BCUT2D eigenvalue weighted by atomic mass is 32.1. The predicted molar refractivity (Wildman–Crippen MR) is 168 cm³/mol. The minimum absolute atomic E-state index is 0.0268. The van der Waals surface area contributed by atoms with E-state index in [-0.39, 0.29) is 27.6 Å². The van der Waals surface area contributed by atoms with Gasteiger partial charge in [0.05, 0.1) is 11.0 Å². The minimum atomic E-state index is -0.0377. The van der Waals surface area contributed by atoms with E-state index in [0.717, 1.165) is 23.3 Å². The lowest BCUT2D eigenvalue weighted by Gasteiger charge is -2.37. The molecular formula is C36H34N4S. The molecule has 0 amide bonds. The summed E-state index contributed by atoms with van der Waals surface area (Å²) in [5.74, 6) is 0. The number of fused-ring (bicyclic) bond motifs is 7. The molecule has 204 valence electrons. The number of pyridine rings is 1. The molecule has 41 heavy (non-hydrogen) atoms. The number of aromatic nitrogens is 2. The first-order valence-electron chi connectivity index (χ1n) is 14.6. The van der Waals surface area contributed by atoms with E-state index in [2.05, 4.69) is 99.6 Å². The van der Waals surface area contributed by atoms with Crippen molar-refractivity contribution in [3.05, 3.63) is 82.2 Å². The quantitative estimate of drug-likeness (QED) is 0.207. The number of rotatable bonds is 1. The third-order valence-corrected chi connectivity index (χ3v) is 10.5. The van der Waals surface area contributed by atoms with E-state index in [0.29, 0.717) is 0 Å². The number of hydrogen-bond acceptors (Lipinski definition) is 4. The van der Waals surface area contributed by atoms with Crippen LogP contribution in [0.15, 0.2) is 48.5 Å². The first kappa shape index (κ1) is 26.0. The van der Waals surface area contributed by atoms with Crippen molar-refractivity contribution in [1.29, 1.82) is 10.5 Å². The van der Waals surface area contributed by atoms with Crippen LogP contribution in [0.2, 0.25) is 0 Å². The molecule has 3 aromatic heterocycles. The van der Waals surface area contributed by atoms with Crippen molar-refractivity contribution in [2.45, 2.75) is 83.5 Å². The largest absolute Gasteiger partial charge is 0.300 e. The van der Waals surface area contributed by atoms with Crippen LogP contribution in [0.4, 0.5) is 0 Å². The normalized spacial score (nSPS) is 15.8. The molecule has 4 heterocycles. The maximum atomic E-state index is 9.62. The van der Waals surface area contributed by atoms with E-state index in [1.165, 1.54) is 61.9 Å². The van der Waals surface area contributed by atoms with E-state index in [1.807, 2.05) is 12.1 Å². The van der Waals surface area contributed by atoms with E-state index in [4.69, 9.17) is 0 Å². The number of thiophene rings is 1. The molecule has 1 saturated carbocycles. The van der Waals surface area contributed by atoms with Gasteiger partial charge in [-0.25, -0.2) is 4.98 Å². The third kappa shape index (κ3) is 3.72. The minimum Gasteiger partial charge on any atom is -0.300 e. The van der Waals surface area contributed by atoms with Gasteiger partial charge in [-0.15, -0.1) is 11.3 Å². The molecule has 7 rings (SSSR count). The van der Waals surface area contributed by atoms with E-state index < -0.39 is 0 Å². The van der Waals surface area contributed by atoms with Crippen molar-refractivity contribution in [3.63, 3.8) is 0 Å². The lowest BCUT2D eigenvalue weighted by molar-refractivity contribution is 0.527. The van der Waals surface area contributed by atoms with Gasteiger partial charge in [-0.1, -0.05) is 66.5 Å². The summed E-state index contributed by atoms with van der Waals surface area (Å²) < 4.78 is 2.52. The van der Waals surface area contributed by atoms with Crippen LogP contribution in [0.1, 0.15) is 101 Å². The monoisotopic (exact) mass is 554 g/mol. The van der Waals surface area contributed by atoms with Crippen molar-refractivity contribution in [3.8, 4) is 27.6 Å². The molecule has 1 spiro atoms. The zero-order valence-electron chi connectivity index (χ0n) is 24.6. The Morgan fingerprint density at radius 1 is 0.780 bits per heavy atom. The van der Waals surface area contributed by atoms with Gasteiger partial charge in [-0.3, -0.25) is 0 Å². The number of hydrogen-bond donors (Lipinski definition) is 0. The number of nitriles is 2. The molecule has 2 aromatic carbocycles. The molecule has 0 radical (unpaired) electrons. The average Bonchev–Trinajstić information content (AvgIpc) is 3.67. The standard InChI is InChI=1S/C36H34N4S/c1-34(2,3)22-9-10-30-26(15-22)27-16-23(35(4,5)6)17-28-32(27)40(30)33-29(36(28)11-7-8-12-36)18-31(41-33)21-13-24(19-37)39-25(14-21)20-38/h9-10,13-18H,7-8,11-12H2,1-6H3. The second-order valence-electron chi connectivity index (χ2n) is 14.0. The lowest BCUT2D eigenvalue weighted by Crippen LogP contribution is -2.29. The summed E-state index contributed by atoms with van der Waals surface area (Å²) in [5, 5.41) is 23.2. The fourth-order valence-corrected chi connectivity index (χ4v) is 8.37. The van der Waals surface area contributed by atoms with Gasteiger partial charge in [0.25, 0.3) is 0 Å². The molecule has 0 N–H and O–H groups in total. The van der Waals surface area contributed by atoms with Crippen molar-refractivity contribution in [2.75, 3.05) is 0 Å². The molecule has 1 aliphatic heterocycles. The van der Waals surface area contributed by atoms with Gasteiger partial charge in [0.2, 0.25) is 0 Å². The van der Waals surface area contributed by atoms with Crippen LogP contribution >= 0.6 is 11.3 Å². The molecule has 5 heteroatoms. The highest BCUT2D eigenvalue weighted by Gasteiger charge is 2.46. The third-order valence-electron chi connectivity index (χ3n) is 9.34. The van der Waals surface area contributed by atoms with Gasteiger partial charge < -0.3 is 4.57 Å².